The molecule has 1 saturated carbocycles. The van der Waals surface area contributed by atoms with E-state index < -0.39 is 11.5 Å². The summed E-state index contributed by atoms with van der Waals surface area (Å²) in [5.74, 6) is -0.292. The van der Waals surface area contributed by atoms with E-state index in [1.54, 1.807) is 24.0 Å². The standard InChI is InChI=1S/C16H21ClFN5O/c1-2-24-13-10(17)6-7-11(12(13)18)23-15(20)21-14(19)22-16(23)8-4-3-5-9-16/h6-7H,2-5,8-9H2,1H3,(H4,19,20,21,22). The van der Waals surface area contributed by atoms with Crippen molar-refractivity contribution in [3.8, 4) is 5.75 Å². The maximum absolute atomic E-state index is 15.1. The minimum Gasteiger partial charge on any atom is -0.489 e. The van der Waals surface area contributed by atoms with Crippen molar-refractivity contribution >= 4 is 29.2 Å². The summed E-state index contributed by atoms with van der Waals surface area (Å²) in [6.07, 6.45) is 4.50. The maximum atomic E-state index is 15.1. The van der Waals surface area contributed by atoms with E-state index in [1.807, 2.05) is 0 Å². The van der Waals surface area contributed by atoms with Crippen molar-refractivity contribution in [2.45, 2.75) is 44.7 Å². The van der Waals surface area contributed by atoms with E-state index in [0.717, 1.165) is 32.1 Å². The van der Waals surface area contributed by atoms with Gasteiger partial charge in [-0.15, -0.1) is 0 Å². The first kappa shape index (κ1) is 16.8. The number of guanidine groups is 2. The van der Waals surface area contributed by atoms with E-state index in [-0.39, 0.29) is 28.4 Å². The Kier molecular flexibility index (Phi) is 4.54. The number of aliphatic imine (C=N–C) groups is 2. The Bertz CT molecular complexity index is 700. The molecule has 24 heavy (non-hydrogen) atoms. The molecule has 8 heteroatoms. The van der Waals surface area contributed by atoms with E-state index in [4.69, 9.17) is 27.8 Å². The highest BCUT2D eigenvalue weighted by atomic mass is 35.5. The molecule has 0 saturated heterocycles. The average molecular weight is 354 g/mol. The van der Waals surface area contributed by atoms with E-state index >= 15 is 4.39 Å². The molecule has 0 atom stereocenters. The third kappa shape index (κ3) is 2.77. The molecule has 0 radical (unpaired) electrons. The molecule has 130 valence electrons. The van der Waals surface area contributed by atoms with Gasteiger partial charge in [-0.1, -0.05) is 18.0 Å². The summed E-state index contributed by atoms with van der Waals surface area (Å²) in [6, 6.07) is 3.17. The topological polar surface area (TPSA) is 89.2 Å². The number of nitrogens with two attached hydrogens (primary N) is 2. The predicted molar refractivity (Wildman–Crippen MR) is 94.1 cm³/mol. The van der Waals surface area contributed by atoms with Crippen molar-refractivity contribution in [3.63, 3.8) is 0 Å². The minimum absolute atomic E-state index is 0.0120. The number of halogens is 2. The average Bonchev–Trinajstić information content (AvgIpc) is 2.53. The second-order valence-electron chi connectivity index (χ2n) is 5.96. The van der Waals surface area contributed by atoms with E-state index in [1.165, 1.54) is 0 Å². The lowest BCUT2D eigenvalue weighted by molar-refractivity contribution is 0.299. The van der Waals surface area contributed by atoms with Crippen LogP contribution in [0.4, 0.5) is 10.1 Å². The lowest BCUT2D eigenvalue weighted by Crippen LogP contribution is -2.58. The van der Waals surface area contributed by atoms with E-state index in [2.05, 4.69) is 9.98 Å². The molecule has 0 aromatic heterocycles. The number of hydrogen-bond acceptors (Lipinski definition) is 6. The van der Waals surface area contributed by atoms with Crippen molar-refractivity contribution in [2.24, 2.45) is 21.5 Å². The monoisotopic (exact) mass is 353 g/mol. The van der Waals surface area contributed by atoms with Crippen LogP contribution in [-0.4, -0.2) is 24.2 Å². The molecule has 0 bridgehead atoms. The number of ether oxygens (including phenoxy) is 1. The normalized spacial score (nSPS) is 19.9. The molecule has 1 spiro atoms. The van der Waals surface area contributed by atoms with Crippen LogP contribution in [0.3, 0.4) is 0 Å². The first-order chi connectivity index (χ1) is 11.5. The smallest absolute Gasteiger partial charge is 0.220 e. The predicted octanol–water partition coefficient (Wildman–Crippen LogP) is 2.99. The second-order valence-corrected chi connectivity index (χ2v) is 6.37. The number of nitrogens with zero attached hydrogens (tertiary/aromatic N) is 3. The number of rotatable bonds is 3. The number of benzene rings is 1. The molecular formula is C16H21ClFN5O. The van der Waals surface area contributed by atoms with Crippen molar-refractivity contribution < 1.29 is 9.13 Å². The zero-order valence-electron chi connectivity index (χ0n) is 13.6. The zero-order valence-corrected chi connectivity index (χ0v) is 14.3. The molecule has 1 aromatic carbocycles. The highest BCUT2D eigenvalue weighted by Crippen LogP contribution is 2.43. The highest BCUT2D eigenvalue weighted by Gasteiger charge is 2.44. The fourth-order valence-electron chi connectivity index (χ4n) is 3.44. The van der Waals surface area contributed by atoms with Crippen LogP contribution in [0.1, 0.15) is 39.0 Å². The SMILES string of the molecule is CCOc1c(Cl)ccc(N2C(N)=NC(N)=NC23CCCCC3)c1F. The van der Waals surface area contributed by atoms with Crippen molar-refractivity contribution in [1.29, 1.82) is 0 Å². The Labute approximate surface area is 145 Å². The summed E-state index contributed by atoms with van der Waals surface area (Å²) in [7, 11) is 0. The van der Waals surface area contributed by atoms with Crippen LogP contribution >= 0.6 is 11.6 Å². The largest absolute Gasteiger partial charge is 0.489 e. The van der Waals surface area contributed by atoms with Crippen LogP contribution in [0.25, 0.3) is 0 Å². The van der Waals surface area contributed by atoms with Crippen LogP contribution in [0.2, 0.25) is 5.02 Å². The van der Waals surface area contributed by atoms with Crippen LogP contribution in [0.5, 0.6) is 5.75 Å². The summed E-state index contributed by atoms with van der Waals surface area (Å²) in [6.45, 7) is 2.08. The van der Waals surface area contributed by atoms with Gasteiger partial charge in [0.2, 0.25) is 11.9 Å². The zero-order chi connectivity index (χ0) is 17.3. The van der Waals surface area contributed by atoms with Crippen LogP contribution in [-0.2, 0) is 0 Å². The fourth-order valence-corrected chi connectivity index (χ4v) is 3.64. The molecule has 6 nitrogen and oxygen atoms in total. The Balaban J connectivity index is 2.12. The van der Waals surface area contributed by atoms with Gasteiger partial charge in [-0.3, -0.25) is 4.90 Å². The van der Waals surface area contributed by atoms with E-state index in [0.29, 0.717) is 6.61 Å². The van der Waals surface area contributed by atoms with Crippen LogP contribution in [0.15, 0.2) is 22.1 Å². The first-order valence-electron chi connectivity index (χ1n) is 8.09. The van der Waals surface area contributed by atoms with Crippen LogP contribution < -0.4 is 21.1 Å². The van der Waals surface area contributed by atoms with Gasteiger partial charge in [-0.2, -0.15) is 4.99 Å². The molecule has 0 amide bonds. The summed E-state index contributed by atoms with van der Waals surface area (Å²) < 4.78 is 20.4. The third-order valence-corrected chi connectivity index (χ3v) is 4.71. The van der Waals surface area contributed by atoms with Gasteiger partial charge in [-0.25, -0.2) is 9.38 Å². The molecule has 1 aromatic rings. The molecular weight excluding hydrogens is 333 g/mol. The maximum Gasteiger partial charge on any atom is 0.220 e. The molecule has 0 unspecified atom stereocenters. The van der Waals surface area contributed by atoms with E-state index in [9.17, 15) is 0 Å². The Morgan fingerprint density at radius 2 is 2.00 bits per heavy atom. The van der Waals surface area contributed by atoms with Crippen LogP contribution in [0, 0.1) is 5.82 Å². The Morgan fingerprint density at radius 3 is 2.67 bits per heavy atom. The van der Waals surface area contributed by atoms with Gasteiger partial charge in [0.1, 0.15) is 5.66 Å². The second kappa shape index (κ2) is 6.47. The number of hydrogen-bond donors (Lipinski definition) is 2. The summed E-state index contributed by atoms with van der Waals surface area (Å²) in [5.41, 5.74) is 11.5. The van der Waals surface area contributed by atoms with Crippen molar-refractivity contribution in [1.82, 2.24) is 0 Å². The van der Waals surface area contributed by atoms with Gasteiger partial charge in [-0.05, 0) is 44.7 Å². The molecule has 4 N–H and O–H groups in total. The molecule has 1 fully saturated rings. The van der Waals surface area contributed by atoms with Gasteiger partial charge in [0.15, 0.2) is 11.6 Å². The molecule has 2 aliphatic rings. The van der Waals surface area contributed by atoms with Gasteiger partial charge in [0.25, 0.3) is 0 Å². The fraction of sp³-hybridized carbons (Fsp3) is 0.500. The molecule has 1 heterocycles. The lowest BCUT2D eigenvalue weighted by Gasteiger charge is -2.45. The van der Waals surface area contributed by atoms with Crippen molar-refractivity contribution in [3.05, 3.63) is 23.0 Å². The van der Waals surface area contributed by atoms with Gasteiger partial charge in [0, 0.05) is 0 Å². The summed E-state index contributed by atoms with van der Waals surface area (Å²) in [5, 5.41) is 0.214. The summed E-state index contributed by atoms with van der Waals surface area (Å²) >= 11 is 6.06. The first-order valence-corrected chi connectivity index (χ1v) is 8.47. The minimum atomic E-state index is -0.702. The molecule has 3 rings (SSSR count). The molecule has 1 aliphatic heterocycles. The highest BCUT2D eigenvalue weighted by molar-refractivity contribution is 6.32. The molecule has 1 aliphatic carbocycles. The third-order valence-electron chi connectivity index (χ3n) is 4.41. The van der Waals surface area contributed by atoms with Gasteiger partial charge >= 0.3 is 0 Å². The van der Waals surface area contributed by atoms with Gasteiger partial charge in [0.05, 0.1) is 17.3 Å². The number of anilines is 1. The summed E-state index contributed by atoms with van der Waals surface area (Å²) in [4.78, 5) is 10.2. The lowest BCUT2D eigenvalue weighted by atomic mass is 9.87. The van der Waals surface area contributed by atoms with Gasteiger partial charge < -0.3 is 16.2 Å². The Morgan fingerprint density at radius 1 is 1.29 bits per heavy atom. The van der Waals surface area contributed by atoms with Crippen molar-refractivity contribution in [2.75, 3.05) is 11.5 Å². The quantitative estimate of drug-likeness (QED) is 0.874. The Hall–Kier alpha value is -2.02.